The van der Waals surface area contributed by atoms with Gasteiger partial charge in [-0.3, -0.25) is 0 Å². The van der Waals surface area contributed by atoms with Crippen molar-refractivity contribution in [1.29, 1.82) is 0 Å². The summed E-state index contributed by atoms with van der Waals surface area (Å²) in [4.78, 5) is 6.14. The predicted octanol–water partition coefficient (Wildman–Crippen LogP) is 8.54. The van der Waals surface area contributed by atoms with E-state index in [2.05, 4.69) is 56.1 Å². The fraction of sp³-hybridized carbons (Fsp3) is 0.182. The zero-order valence-corrected chi connectivity index (χ0v) is 22.3. The summed E-state index contributed by atoms with van der Waals surface area (Å²) < 4.78 is 4.22. The van der Waals surface area contributed by atoms with Gasteiger partial charge >= 0.3 is 0 Å². The van der Waals surface area contributed by atoms with Gasteiger partial charge in [0.2, 0.25) is 0 Å². The van der Waals surface area contributed by atoms with Crippen LogP contribution >= 0.6 is 77.2 Å². The minimum Gasteiger partial charge on any atom is -0.382 e. The monoisotopic (exact) mass is 598 g/mol. The van der Waals surface area contributed by atoms with Crippen molar-refractivity contribution in [1.82, 2.24) is 0 Å². The molecule has 1 aromatic carbocycles. The van der Waals surface area contributed by atoms with Gasteiger partial charge in [-0.1, -0.05) is 0 Å². The number of aliphatic hydroxyl groups is 2. The number of fused-ring (bicyclic) bond motifs is 2. The van der Waals surface area contributed by atoms with Crippen molar-refractivity contribution in [3.05, 3.63) is 74.6 Å². The lowest BCUT2D eigenvalue weighted by Gasteiger charge is -2.06. The average Bonchev–Trinajstić information content (AvgIpc) is 3.43. The number of aliphatic hydroxyl groups excluding tert-OH is 2. The molecule has 2 unspecified atom stereocenters. The van der Waals surface area contributed by atoms with E-state index in [9.17, 15) is 10.2 Å². The van der Waals surface area contributed by atoms with Crippen LogP contribution in [0.5, 0.6) is 0 Å². The summed E-state index contributed by atoms with van der Waals surface area (Å²) in [5, 5.41) is 24.1. The van der Waals surface area contributed by atoms with Crippen LogP contribution in [0, 0.1) is 13.8 Å². The molecule has 0 aliphatic carbocycles. The van der Waals surface area contributed by atoms with Crippen molar-refractivity contribution in [2.24, 2.45) is 0 Å². The standard InChI is InChI=1S/C22H16Br2O2S4/c1-9-3-13(23)21(27-9)19(25)17-7-11-5-16-12(6-15(11)29-17)8-18(30-16)20(26)22-14(24)4-10(2)28-22/h3-8,19-20,25-26H,1-2H3. The molecule has 4 aromatic heterocycles. The van der Waals surface area contributed by atoms with Crippen LogP contribution in [-0.4, -0.2) is 10.2 Å². The van der Waals surface area contributed by atoms with Gasteiger partial charge < -0.3 is 10.2 Å². The molecule has 30 heavy (non-hydrogen) atoms. The largest absolute Gasteiger partial charge is 0.382 e. The van der Waals surface area contributed by atoms with Crippen LogP contribution in [0.15, 0.2) is 45.3 Å². The summed E-state index contributed by atoms with van der Waals surface area (Å²) in [6.45, 7) is 4.10. The predicted molar refractivity (Wildman–Crippen MR) is 139 cm³/mol. The Kier molecular flexibility index (Phi) is 5.73. The molecule has 2 nitrogen and oxygen atoms in total. The highest BCUT2D eigenvalue weighted by Gasteiger charge is 2.21. The first-order valence-electron chi connectivity index (χ1n) is 9.15. The zero-order valence-electron chi connectivity index (χ0n) is 15.9. The van der Waals surface area contributed by atoms with E-state index in [-0.39, 0.29) is 0 Å². The van der Waals surface area contributed by atoms with Crippen LogP contribution in [0.1, 0.15) is 41.5 Å². The van der Waals surface area contributed by atoms with Crippen LogP contribution in [0.2, 0.25) is 0 Å². The van der Waals surface area contributed by atoms with Gasteiger partial charge in [-0.25, -0.2) is 0 Å². The fourth-order valence-corrected chi connectivity index (χ4v) is 9.59. The number of rotatable bonds is 4. The van der Waals surface area contributed by atoms with Gasteiger partial charge in [0.15, 0.2) is 0 Å². The summed E-state index contributed by atoms with van der Waals surface area (Å²) in [7, 11) is 0. The minimum atomic E-state index is -0.620. The molecular weight excluding hydrogens is 584 g/mol. The second kappa shape index (κ2) is 8.08. The Labute approximate surface area is 206 Å². The molecule has 5 rings (SSSR count). The van der Waals surface area contributed by atoms with E-state index in [4.69, 9.17) is 0 Å². The van der Waals surface area contributed by atoms with E-state index in [0.717, 1.165) is 48.6 Å². The third kappa shape index (κ3) is 3.75. The highest BCUT2D eigenvalue weighted by Crippen LogP contribution is 2.43. The van der Waals surface area contributed by atoms with Crippen LogP contribution in [0.4, 0.5) is 0 Å². The first-order valence-corrected chi connectivity index (χ1v) is 14.0. The molecule has 0 fully saturated rings. The third-order valence-electron chi connectivity index (χ3n) is 4.90. The number of aryl methyl sites for hydroxylation is 2. The Balaban J connectivity index is 1.52. The highest BCUT2D eigenvalue weighted by atomic mass is 79.9. The zero-order chi connectivity index (χ0) is 21.2. The van der Waals surface area contributed by atoms with Gasteiger partial charge in [-0.15, -0.1) is 45.3 Å². The third-order valence-corrected chi connectivity index (χ3v) is 11.2. The molecule has 5 aromatic rings. The number of thiophene rings is 4. The van der Waals surface area contributed by atoms with Crippen LogP contribution in [-0.2, 0) is 0 Å². The van der Waals surface area contributed by atoms with Gasteiger partial charge in [0.1, 0.15) is 12.2 Å². The van der Waals surface area contributed by atoms with Crippen molar-refractivity contribution >= 4 is 97.4 Å². The molecular formula is C22H16Br2O2S4. The number of hydrogen-bond donors (Lipinski definition) is 2. The summed E-state index contributed by atoms with van der Waals surface area (Å²) in [6.07, 6.45) is -1.24. The summed E-state index contributed by atoms with van der Waals surface area (Å²) in [6, 6.07) is 12.6. The van der Waals surface area contributed by atoms with Gasteiger partial charge in [0.25, 0.3) is 0 Å². The van der Waals surface area contributed by atoms with E-state index < -0.39 is 12.2 Å². The summed E-state index contributed by atoms with van der Waals surface area (Å²) >= 11 is 13.6. The van der Waals surface area contributed by atoms with Gasteiger partial charge in [-0.05, 0) is 92.9 Å². The number of hydrogen-bond acceptors (Lipinski definition) is 6. The molecule has 0 aliphatic rings. The molecule has 8 heteroatoms. The van der Waals surface area contributed by atoms with E-state index in [1.165, 1.54) is 9.75 Å². The lowest BCUT2D eigenvalue weighted by molar-refractivity contribution is 0.227. The summed E-state index contributed by atoms with van der Waals surface area (Å²) in [5.74, 6) is 0. The topological polar surface area (TPSA) is 40.5 Å². The van der Waals surface area contributed by atoms with Crippen LogP contribution < -0.4 is 0 Å². The van der Waals surface area contributed by atoms with E-state index >= 15 is 0 Å². The highest BCUT2D eigenvalue weighted by molar-refractivity contribution is 9.10. The van der Waals surface area contributed by atoms with Gasteiger partial charge in [-0.2, -0.15) is 0 Å². The molecule has 4 heterocycles. The lowest BCUT2D eigenvalue weighted by Crippen LogP contribution is -1.94. The molecule has 0 amide bonds. The Morgan fingerprint density at radius 3 is 1.37 bits per heavy atom. The van der Waals surface area contributed by atoms with Crippen molar-refractivity contribution < 1.29 is 10.2 Å². The first-order chi connectivity index (χ1) is 14.3. The Bertz CT molecular complexity index is 1240. The molecule has 154 valence electrons. The van der Waals surface area contributed by atoms with E-state index in [1.807, 2.05) is 26.0 Å². The van der Waals surface area contributed by atoms with Crippen molar-refractivity contribution in [2.45, 2.75) is 26.1 Å². The minimum absolute atomic E-state index is 0.620. The first kappa shape index (κ1) is 21.3. The average molecular weight is 600 g/mol. The molecule has 0 spiro atoms. The molecule has 0 radical (unpaired) electrons. The normalized spacial score (nSPS) is 14.1. The smallest absolute Gasteiger partial charge is 0.123 e. The maximum atomic E-state index is 10.9. The second-order valence-electron chi connectivity index (χ2n) is 7.17. The second-order valence-corrected chi connectivity index (χ2v) is 13.7. The van der Waals surface area contributed by atoms with E-state index in [0.29, 0.717) is 0 Å². The van der Waals surface area contributed by atoms with Gasteiger partial charge in [0, 0.05) is 37.9 Å². The molecule has 2 N–H and O–H groups in total. The fourth-order valence-electron chi connectivity index (χ4n) is 3.52. The number of benzene rings is 1. The SMILES string of the molecule is Cc1cc(Br)c(C(O)c2cc3cc4sc(C(O)c5sc(C)cc5Br)cc4cc3s2)s1. The van der Waals surface area contributed by atoms with Crippen LogP contribution in [0.25, 0.3) is 20.2 Å². The maximum absolute atomic E-state index is 10.9. The van der Waals surface area contributed by atoms with Crippen molar-refractivity contribution in [3.8, 4) is 0 Å². The molecule has 0 bridgehead atoms. The summed E-state index contributed by atoms with van der Waals surface area (Å²) in [5.41, 5.74) is 0. The van der Waals surface area contributed by atoms with Gasteiger partial charge in [0.05, 0.1) is 9.75 Å². The quantitative estimate of drug-likeness (QED) is 0.217. The Hall–Kier alpha value is -0.580. The van der Waals surface area contributed by atoms with E-state index in [1.54, 1.807) is 45.3 Å². The molecule has 0 saturated heterocycles. The van der Waals surface area contributed by atoms with Crippen molar-refractivity contribution in [3.63, 3.8) is 0 Å². The van der Waals surface area contributed by atoms with Crippen molar-refractivity contribution in [2.75, 3.05) is 0 Å². The number of halogens is 2. The lowest BCUT2D eigenvalue weighted by atomic mass is 10.1. The molecule has 0 saturated carbocycles. The molecule has 2 atom stereocenters. The molecule has 0 aliphatic heterocycles. The Morgan fingerprint density at radius 2 is 1.03 bits per heavy atom. The maximum Gasteiger partial charge on any atom is 0.123 e. The Morgan fingerprint density at radius 1 is 0.633 bits per heavy atom. The van der Waals surface area contributed by atoms with Crippen LogP contribution in [0.3, 0.4) is 0 Å².